The number of hydrogen-bond donors (Lipinski definition) is 9. The molecule has 12 heteroatoms. The number of carboxylic acids is 3. The van der Waals surface area contributed by atoms with Crippen LogP contribution in [0.5, 0.6) is 0 Å². The maximum Gasteiger partial charge on any atom is 0.338 e. The average molecular weight is 312 g/mol. The van der Waals surface area contributed by atoms with E-state index in [1.54, 1.807) is 0 Å². The summed E-state index contributed by atoms with van der Waals surface area (Å²) in [5.74, 6) is -3.60. The first kappa shape index (κ1) is 24.2. The molecule has 0 aromatic carbocycles. The van der Waals surface area contributed by atoms with Crippen molar-refractivity contribution in [3.8, 4) is 0 Å². The maximum absolute atomic E-state index is 9.77. The van der Waals surface area contributed by atoms with Gasteiger partial charge in [0, 0.05) is 0 Å². The molecule has 0 atom stereocenters. The highest BCUT2D eigenvalue weighted by molar-refractivity contribution is 5.77. The van der Waals surface area contributed by atoms with Crippen molar-refractivity contribution < 1.29 is 29.7 Å². The summed E-state index contributed by atoms with van der Waals surface area (Å²) in [5.41, 5.74) is 24.4. The van der Waals surface area contributed by atoms with Gasteiger partial charge in [0.1, 0.15) is 0 Å². The highest BCUT2D eigenvalue weighted by Gasteiger charge is 2.21. The van der Waals surface area contributed by atoms with E-state index in [0.29, 0.717) is 0 Å². The standard InChI is InChI=1S/3C3H8N2O2/c3*1-3(4,5)2(6)7/h3*4-5H2,1H3,(H,6,7). The lowest BCUT2D eigenvalue weighted by Crippen LogP contribution is -2.53. The Bertz CT molecular complexity index is 307. The summed E-state index contributed by atoms with van der Waals surface area (Å²) in [7, 11) is 0. The Morgan fingerprint density at radius 2 is 0.619 bits per heavy atom. The second-order valence-corrected chi connectivity index (χ2v) is 4.76. The fourth-order valence-electron chi connectivity index (χ4n) is 0. The van der Waals surface area contributed by atoms with Gasteiger partial charge in [-0.05, 0) is 20.8 Å². The summed E-state index contributed by atoms with van der Waals surface area (Å²) in [4.78, 5) is 29.3. The van der Waals surface area contributed by atoms with E-state index in [1.807, 2.05) is 0 Å². The lowest BCUT2D eigenvalue weighted by molar-refractivity contribution is -0.143. The van der Waals surface area contributed by atoms with Gasteiger partial charge in [-0.25, -0.2) is 14.4 Å². The summed E-state index contributed by atoms with van der Waals surface area (Å²) < 4.78 is 0. The molecule has 0 unspecified atom stereocenters. The van der Waals surface area contributed by atoms with Crippen LogP contribution in [0.1, 0.15) is 20.8 Å². The van der Waals surface area contributed by atoms with E-state index < -0.39 is 34.9 Å². The zero-order valence-electron chi connectivity index (χ0n) is 12.0. The molecule has 12 nitrogen and oxygen atoms in total. The van der Waals surface area contributed by atoms with Crippen LogP contribution in [0.4, 0.5) is 0 Å². The van der Waals surface area contributed by atoms with Gasteiger partial charge in [0.05, 0.1) is 0 Å². The Labute approximate surface area is 121 Å². The van der Waals surface area contributed by atoms with E-state index in [9.17, 15) is 14.4 Å². The maximum atomic E-state index is 9.77. The normalized spacial score (nSPS) is 11.3. The quantitative estimate of drug-likeness (QED) is 0.226. The van der Waals surface area contributed by atoms with E-state index in [2.05, 4.69) is 0 Å². The molecular formula is C9H24N6O6. The van der Waals surface area contributed by atoms with Crippen molar-refractivity contribution in [3.63, 3.8) is 0 Å². The van der Waals surface area contributed by atoms with E-state index in [-0.39, 0.29) is 0 Å². The molecule has 126 valence electrons. The highest BCUT2D eigenvalue weighted by atomic mass is 16.4. The molecule has 0 radical (unpaired) electrons. The molecule has 0 aliphatic carbocycles. The molecule has 0 saturated carbocycles. The molecule has 0 aromatic rings. The second-order valence-electron chi connectivity index (χ2n) is 4.76. The van der Waals surface area contributed by atoms with Crippen molar-refractivity contribution in [2.75, 3.05) is 0 Å². The summed E-state index contributed by atoms with van der Waals surface area (Å²) in [6.07, 6.45) is 0. The van der Waals surface area contributed by atoms with Gasteiger partial charge in [0.25, 0.3) is 0 Å². The van der Waals surface area contributed by atoms with Crippen LogP contribution in [-0.4, -0.2) is 50.2 Å². The van der Waals surface area contributed by atoms with Crippen molar-refractivity contribution in [3.05, 3.63) is 0 Å². The largest absolute Gasteiger partial charge is 0.479 e. The smallest absolute Gasteiger partial charge is 0.338 e. The number of hydrogen-bond acceptors (Lipinski definition) is 9. The molecule has 0 bridgehead atoms. The van der Waals surface area contributed by atoms with E-state index in [0.717, 1.165) is 0 Å². The Balaban J connectivity index is -0.000000231. The number of nitrogens with two attached hydrogens (primary N) is 6. The number of aliphatic carboxylic acids is 3. The molecule has 0 saturated heterocycles. The van der Waals surface area contributed by atoms with Crippen LogP contribution in [0.2, 0.25) is 0 Å². The topological polar surface area (TPSA) is 268 Å². The SMILES string of the molecule is CC(N)(N)C(=O)O.CC(N)(N)C(=O)O.CC(N)(N)C(=O)O. The van der Waals surface area contributed by atoms with Crippen LogP contribution in [0.25, 0.3) is 0 Å². The molecule has 0 spiro atoms. The van der Waals surface area contributed by atoms with Crippen LogP contribution in [0, 0.1) is 0 Å². The summed E-state index contributed by atoms with van der Waals surface area (Å²) >= 11 is 0. The Hall–Kier alpha value is -1.83. The van der Waals surface area contributed by atoms with Gasteiger partial charge in [-0.15, -0.1) is 0 Å². The fourth-order valence-corrected chi connectivity index (χ4v) is 0. The van der Waals surface area contributed by atoms with E-state index in [4.69, 9.17) is 49.7 Å². The summed E-state index contributed by atoms with van der Waals surface area (Å²) in [5, 5.41) is 24.0. The second kappa shape index (κ2) is 8.46. The molecule has 0 aliphatic rings. The average Bonchev–Trinajstić information content (AvgIpc) is 2.14. The minimum atomic E-state index is -1.58. The predicted molar refractivity (Wildman–Crippen MR) is 73.2 cm³/mol. The fraction of sp³-hybridized carbons (Fsp3) is 0.667. The van der Waals surface area contributed by atoms with E-state index in [1.165, 1.54) is 20.8 Å². The predicted octanol–water partition coefficient (Wildman–Crippen LogP) is -3.89. The third-order valence-electron chi connectivity index (χ3n) is 1.38. The van der Waals surface area contributed by atoms with Crippen LogP contribution >= 0.6 is 0 Å². The molecule has 15 N–H and O–H groups in total. The lowest BCUT2D eigenvalue weighted by atomic mass is 10.2. The Kier molecular flexibility index (Phi) is 9.75. The first-order valence-electron chi connectivity index (χ1n) is 5.27. The van der Waals surface area contributed by atoms with Crippen LogP contribution in [0.15, 0.2) is 0 Å². The van der Waals surface area contributed by atoms with Crippen LogP contribution < -0.4 is 34.4 Å². The number of rotatable bonds is 3. The van der Waals surface area contributed by atoms with Gasteiger partial charge in [-0.1, -0.05) is 0 Å². The first-order valence-corrected chi connectivity index (χ1v) is 5.27. The molecule has 0 amide bonds. The van der Waals surface area contributed by atoms with E-state index >= 15 is 0 Å². The van der Waals surface area contributed by atoms with Gasteiger partial charge < -0.3 is 49.7 Å². The monoisotopic (exact) mass is 312 g/mol. The third kappa shape index (κ3) is 18.2. The molecule has 0 fully saturated rings. The van der Waals surface area contributed by atoms with Gasteiger partial charge in [-0.3, -0.25) is 0 Å². The summed E-state index contributed by atoms with van der Waals surface area (Å²) in [6, 6.07) is 0. The number of carbonyl (C=O) groups is 3. The van der Waals surface area contributed by atoms with Crippen molar-refractivity contribution in [1.29, 1.82) is 0 Å². The molecular weight excluding hydrogens is 288 g/mol. The van der Waals surface area contributed by atoms with Crippen LogP contribution in [-0.2, 0) is 14.4 Å². The molecule has 0 aliphatic heterocycles. The molecule has 0 aromatic heterocycles. The molecule has 0 rings (SSSR count). The molecule has 0 heterocycles. The Morgan fingerprint density at radius 1 is 0.571 bits per heavy atom. The third-order valence-corrected chi connectivity index (χ3v) is 1.38. The Morgan fingerprint density at radius 3 is 0.619 bits per heavy atom. The lowest BCUT2D eigenvalue weighted by Gasteiger charge is -2.09. The van der Waals surface area contributed by atoms with Crippen molar-refractivity contribution in [1.82, 2.24) is 0 Å². The van der Waals surface area contributed by atoms with Crippen molar-refractivity contribution in [2.24, 2.45) is 34.4 Å². The number of carboxylic acid groups (broad SMARTS) is 3. The zero-order chi connectivity index (χ0) is 18.2. The van der Waals surface area contributed by atoms with Crippen LogP contribution in [0.3, 0.4) is 0 Å². The van der Waals surface area contributed by atoms with Crippen molar-refractivity contribution >= 4 is 17.9 Å². The first-order chi connectivity index (χ1) is 8.83. The zero-order valence-corrected chi connectivity index (χ0v) is 12.0. The van der Waals surface area contributed by atoms with Gasteiger partial charge in [-0.2, -0.15) is 0 Å². The minimum Gasteiger partial charge on any atom is -0.479 e. The highest BCUT2D eigenvalue weighted by Crippen LogP contribution is 1.84. The summed E-state index contributed by atoms with van der Waals surface area (Å²) in [6.45, 7) is 3.65. The van der Waals surface area contributed by atoms with Gasteiger partial charge in [0.2, 0.25) is 0 Å². The van der Waals surface area contributed by atoms with Gasteiger partial charge >= 0.3 is 17.9 Å². The van der Waals surface area contributed by atoms with Gasteiger partial charge in [0.15, 0.2) is 17.0 Å². The molecule has 21 heavy (non-hydrogen) atoms. The minimum absolute atomic E-state index is 1.20. The van der Waals surface area contributed by atoms with Crippen molar-refractivity contribution in [2.45, 2.75) is 37.8 Å².